The van der Waals surface area contributed by atoms with Crippen molar-refractivity contribution in [2.45, 2.75) is 20.1 Å². The Balaban J connectivity index is -0.000000107. The Morgan fingerprint density at radius 3 is 1.83 bits per heavy atom. The fourth-order valence-electron chi connectivity index (χ4n) is 0.269. The van der Waals surface area contributed by atoms with Gasteiger partial charge in [0.05, 0.1) is 0 Å². The van der Waals surface area contributed by atoms with E-state index in [9.17, 15) is 4.79 Å². The number of rotatable bonds is 2. The van der Waals surface area contributed by atoms with Gasteiger partial charge >= 0.3 is 5.97 Å². The van der Waals surface area contributed by atoms with Crippen LogP contribution in [0, 0.1) is 0 Å². The summed E-state index contributed by atoms with van der Waals surface area (Å²) in [7, 11) is 0. The summed E-state index contributed by atoms with van der Waals surface area (Å²) in [6.45, 7) is 6.54. The first-order valence-electron chi connectivity index (χ1n) is 2.66. The van der Waals surface area contributed by atoms with E-state index in [0.29, 0.717) is 5.57 Å². The maximum Gasteiger partial charge on any atom is 0.334 e. The first-order valence-corrected chi connectivity index (χ1v) is 2.66. The number of hydrogen-bond acceptors (Lipinski definition) is 3. The number of carbonyl (C=O) groups excluding carboxylic acids is 1. The van der Waals surface area contributed by atoms with E-state index in [1.807, 2.05) is 0 Å². The Hall–Kier alpha value is 0.0400. The fraction of sp³-hybridized carbons (Fsp3) is 0.500. The van der Waals surface area contributed by atoms with E-state index in [4.69, 9.17) is 5.73 Å². The molecule has 6 heteroatoms. The summed E-state index contributed by atoms with van der Waals surface area (Å²) in [4.78, 5) is 10.6. The van der Waals surface area contributed by atoms with Crippen LogP contribution in [0.4, 0.5) is 0 Å². The third-order valence-electron chi connectivity index (χ3n) is 0.641. The molecule has 0 aromatic carbocycles. The molecule has 0 aromatic rings. The monoisotopic (exact) mass is 237 g/mol. The molecule has 3 nitrogen and oxygen atoms in total. The van der Waals surface area contributed by atoms with E-state index >= 15 is 0 Å². The minimum atomic E-state index is -0.547. The number of nitrogens with two attached hydrogens (primary N) is 1. The second-order valence-corrected chi connectivity index (χ2v) is 1.89. The van der Waals surface area contributed by atoms with Gasteiger partial charge in [-0.3, -0.25) is 5.73 Å². The van der Waals surface area contributed by atoms with Crippen molar-refractivity contribution in [1.29, 1.82) is 0 Å². The highest BCUT2D eigenvalue weighted by atomic mass is 35.5. The Kier molecular flexibility index (Phi) is 20.9. The van der Waals surface area contributed by atoms with Gasteiger partial charge < -0.3 is 4.74 Å². The molecular formula is C6H14Cl3NO2. The van der Waals surface area contributed by atoms with Gasteiger partial charge in [-0.1, -0.05) is 6.58 Å². The Bertz CT molecular complexity index is 139. The van der Waals surface area contributed by atoms with E-state index in [-0.39, 0.29) is 37.2 Å². The van der Waals surface area contributed by atoms with Crippen LogP contribution < -0.4 is 5.73 Å². The molecule has 76 valence electrons. The van der Waals surface area contributed by atoms with Gasteiger partial charge in [0, 0.05) is 5.57 Å². The lowest BCUT2D eigenvalue weighted by atomic mass is 10.4. The van der Waals surface area contributed by atoms with Gasteiger partial charge in [0.2, 0.25) is 0 Å². The van der Waals surface area contributed by atoms with Crippen molar-refractivity contribution in [3.63, 3.8) is 0 Å². The van der Waals surface area contributed by atoms with Gasteiger partial charge in [-0.25, -0.2) is 4.79 Å². The summed E-state index contributed by atoms with van der Waals surface area (Å²) in [6, 6.07) is 0. The van der Waals surface area contributed by atoms with Crippen LogP contribution >= 0.6 is 37.2 Å². The SMILES string of the molecule is C=C(C)C(=O)OC(C)N.Cl.Cl.Cl. The molecule has 0 aliphatic heterocycles. The maximum atomic E-state index is 10.6. The number of halogens is 3. The molecule has 0 amide bonds. The minimum Gasteiger partial charge on any atom is -0.444 e. The molecule has 1 atom stereocenters. The lowest BCUT2D eigenvalue weighted by molar-refractivity contribution is -0.143. The molecule has 1 unspecified atom stereocenters. The number of hydrogen-bond donors (Lipinski definition) is 1. The molecule has 12 heavy (non-hydrogen) atoms. The summed E-state index contributed by atoms with van der Waals surface area (Å²) in [5, 5.41) is 0. The topological polar surface area (TPSA) is 52.3 Å². The quantitative estimate of drug-likeness (QED) is 0.452. The molecule has 0 aliphatic carbocycles. The highest BCUT2D eigenvalue weighted by molar-refractivity contribution is 5.87. The third-order valence-corrected chi connectivity index (χ3v) is 0.641. The molecular weight excluding hydrogens is 224 g/mol. The van der Waals surface area contributed by atoms with Crippen molar-refractivity contribution in [1.82, 2.24) is 0 Å². The third kappa shape index (κ3) is 12.7. The summed E-state index contributed by atoms with van der Waals surface area (Å²) < 4.78 is 4.55. The summed E-state index contributed by atoms with van der Waals surface area (Å²) in [5.41, 5.74) is 5.51. The van der Waals surface area contributed by atoms with E-state index in [0.717, 1.165) is 0 Å². The van der Waals surface area contributed by atoms with Crippen LogP contribution in [0.1, 0.15) is 13.8 Å². The van der Waals surface area contributed by atoms with Gasteiger partial charge in [0.1, 0.15) is 6.23 Å². The van der Waals surface area contributed by atoms with Crippen LogP contribution in [-0.4, -0.2) is 12.2 Å². The highest BCUT2D eigenvalue weighted by Crippen LogP contribution is 1.92. The predicted octanol–water partition coefficient (Wildman–Crippen LogP) is 1.68. The van der Waals surface area contributed by atoms with Crippen molar-refractivity contribution < 1.29 is 9.53 Å². The lowest BCUT2D eigenvalue weighted by Gasteiger charge is -2.05. The highest BCUT2D eigenvalue weighted by Gasteiger charge is 2.03. The number of ether oxygens (including phenoxy) is 1. The molecule has 0 bridgehead atoms. The minimum absolute atomic E-state index is 0. The van der Waals surface area contributed by atoms with Gasteiger partial charge in [-0.15, -0.1) is 37.2 Å². The van der Waals surface area contributed by atoms with Crippen molar-refractivity contribution in [2.24, 2.45) is 5.73 Å². The summed E-state index contributed by atoms with van der Waals surface area (Å²) in [5.74, 6) is -0.440. The van der Waals surface area contributed by atoms with Gasteiger partial charge in [0.25, 0.3) is 0 Å². The molecule has 0 aliphatic rings. The van der Waals surface area contributed by atoms with E-state index < -0.39 is 12.2 Å². The normalized spacial score (nSPS) is 9.25. The summed E-state index contributed by atoms with van der Waals surface area (Å²) >= 11 is 0. The predicted molar refractivity (Wildman–Crippen MR) is 56.3 cm³/mol. The van der Waals surface area contributed by atoms with Gasteiger partial charge in [-0.05, 0) is 13.8 Å². The molecule has 0 radical (unpaired) electrons. The second-order valence-electron chi connectivity index (χ2n) is 1.89. The maximum absolute atomic E-state index is 10.6. The molecule has 0 spiro atoms. The average Bonchev–Trinajstić information content (AvgIpc) is 1.63. The Morgan fingerprint density at radius 2 is 1.75 bits per heavy atom. The second kappa shape index (κ2) is 11.0. The van der Waals surface area contributed by atoms with Gasteiger partial charge in [0.15, 0.2) is 0 Å². The molecule has 0 saturated carbocycles. The molecule has 0 saturated heterocycles. The van der Waals surface area contributed by atoms with Crippen LogP contribution in [0.3, 0.4) is 0 Å². The first kappa shape index (κ1) is 22.7. The van der Waals surface area contributed by atoms with Crippen molar-refractivity contribution >= 4 is 43.2 Å². The molecule has 2 N–H and O–H groups in total. The van der Waals surface area contributed by atoms with E-state index in [2.05, 4.69) is 11.3 Å². The zero-order valence-electron chi connectivity index (χ0n) is 6.90. The van der Waals surface area contributed by atoms with Crippen LogP contribution in [-0.2, 0) is 9.53 Å². The van der Waals surface area contributed by atoms with E-state index in [1.165, 1.54) is 0 Å². The largest absolute Gasteiger partial charge is 0.444 e. The zero-order valence-corrected chi connectivity index (χ0v) is 9.35. The average molecular weight is 239 g/mol. The first-order chi connectivity index (χ1) is 4.04. The van der Waals surface area contributed by atoms with Crippen LogP contribution in [0.2, 0.25) is 0 Å². The lowest BCUT2D eigenvalue weighted by Crippen LogP contribution is -2.23. The number of esters is 1. The fourth-order valence-corrected chi connectivity index (χ4v) is 0.269. The molecule has 0 rings (SSSR count). The van der Waals surface area contributed by atoms with Crippen molar-refractivity contribution in [3.05, 3.63) is 12.2 Å². The van der Waals surface area contributed by atoms with Crippen LogP contribution in [0.15, 0.2) is 12.2 Å². The standard InChI is InChI=1S/C6H11NO2.3ClH/c1-4(2)6(8)9-5(3)7;;;/h5H,1,7H2,2-3H3;3*1H. The van der Waals surface area contributed by atoms with Crippen LogP contribution in [0.5, 0.6) is 0 Å². The smallest absolute Gasteiger partial charge is 0.334 e. The van der Waals surface area contributed by atoms with Crippen LogP contribution in [0.25, 0.3) is 0 Å². The van der Waals surface area contributed by atoms with Gasteiger partial charge in [-0.2, -0.15) is 0 Å². The number of carbonyl (C=O) groups is 1. The molecule has 0 heterocycles. The van der Waals surface area contributed by atoms with Crippen molar-refractivity contribution in [3.8, 4) is 0 Å². The Labute approximate surface area is 90.9 Å². The Morgan fingerprint density at radius 1 is 1.42 bits per heavy atom. The summed E-state index contributed by atoms with van der Waals surface area (Å²) in [6.07, 6.45) is -0.547. The zero-order chi connectivity index (χ0) is 7.44. The molecule has 0 fully saturated rings. The van der Waals surface area contributed by atoms with Crippen molar-refractivity contribution in [2.75, 3.05) is 0 Å². The molecule has 0 aromatic heterocycles. The van der Waals surface area contributed by atoms with E-state index in [1.54, 1.807) is 13.8 Å².